The molecular weight excluding hydrogens is 304 g/mol. The van der Waals surface area contributed by atoms with E-state index in [0.717, 1.165) is 22.4 Å². The maximum Gasteiger partial charge on any atom is 0.186 e. The van der Waals surface area contributed by atoms with Gasteiger partial charge < -0.3 is 4.98 Å². The maximum absolute atomic E-state index is 12.6. The number of hydrogen-bond donors (Lipinski definition) is 1. The molecule has 1 aliphatic rings. The Bertz CT molecular complexity index is 774. The third-order valence-corrected chi connectivity index (χ3v) is 6.20. The van der Waals surface area contributed by atoms with Crippen LogP contribution in [0.5, 0.6) is 0 Å². The number of nitrogens with one attached hydrogen (secondary N) is 1. The highest BCUT2D eigenvalue weighted by molar-refractivity contribution is 8.15. The molecule has 0 spiro atoms. The first-order valence-corrected chi connectivity index (χ1v) is 9.33. The fourth-order valence-electron chi connectivity index (χ4n) is 2.27. The Morgan fingerprint density at radius 2 is 2.00 bits per heavy atom. The van der Waals surface area contributed by atoms with Crippen LogP contribution in [0, 0.1) is 6.92 Å². The number of nitrogens with zero attached hydrogens (tertiary/aromatic N) is 1. The summed E-state index contributed by atoms with van der Waals surface area (Å²) in [7, 11) is -3.37. The van der Waals surface area contributed by atoms with Crippen LogP contribution in [0.4, 0.5) is 0 Å². The summed E-state index contributed by atoms with van der Waals surface area (Å²) in [5.41, 5.74) is 2.77. The van der Waals surface area contributed by atoms with Crippen molar-refractivity contribution < 1.29 is 8.42 Å². The number of benzene rings is 1. The van der Waals surface area contributed by atoms with E-state index in [1.807, 2.05) is 31.2 Å². The molecule has 1 aromatic carbocycles. The number of aromatic nitrogens is 1. The van der Waals surface area contributed by atoms with Crippen LogP contribution in [-0.2, 0) is 9.84 Å². The zero-order chi connectivity index (χ0) is 14.9. The van der Waals surface area contributed by atoms with Crippen LogP contribution in [0.15, 0.2) is 46.5 Å². The number of sulfone groups is 1. The Hall–Kier alpha value is -1.53. The van der Waals surface area contributed by atoms with E-state index < -0.39 is 9.84 Å². The molecule has 1 N–H and O–H groups in total. The van der Waals surface area contributed by atoms with Crippen molar-refractivity contribution in [2.45, 2.75) is 11.8 Å². The van der Waals surface area contributed by atoms with E-state index in [4.69, 9.17) is 0 Å². The summed E-state index contributed by atoms with van der Waals surface area (Å²) in [5.74, 6) is 0.872. The first-order chi connectivity index (χ1) is 10.1. The lowest BCUT2D eigenvalue weighted by Crippen LogP contribution is -2.13. The Labute approximate surface area is 128 Å². The number of rotatable bonds is 4. The van der Waals surface area contributed by atoms with E-state index in [-0.39, 0.29) is 5.75 Å². The van der Waals surface area contributed by atoms with Gasteiger partial charge in [-0.1, -0.05) is 29.8 Å². The summed E-state index contributed by atoms with van der Waals surface area (Å²) in [6.45, 7) is 2.72. The highest BCUT2D eigenvalue weighted by Gasteiger charge is 2.24. The van der Waals surface area contributed by atoms with E-state index in [1.165, 1.54) is 11.8 Å². The Kier molecular flexibility index (Phi) is 3.91. The van der Waals surface area contributed by atoms with Gasteiger partial charge >= 0.3 is 0 Å². The summed E-state index contributed by atoms with van der Waals surface area (Å²) in [6, 6.07) is 7.85. The van der Waals surface area contributed by atoms with Gasteiger partial charge in [-0.15, -0.1) is 11.8 Å². The van der Waals surface area contributed by atoms with Crippen molar-refractivity contribution in [3.05, 3.63) is 42.2 Å². The van der Waals surface area contributed by atoms with Crippen molar-refractivity contribution in [1.29, 1.82) is 0 Å². The molecule has 2 aromatic rings. The molecule has 0 amide bonds. The number of hydrogen-bond acceptors (Lipinski definition) is 4. The largest absolute Gasteiger partial charge is 0.366 e. The van der Waals surface area contributed by atoms with Crippen LogP contribution in [0.2, 0.25) is 0 Å². The summed E-state index contributed by atoms with van der Waals surface area (Å²) in [5, 5.41) is 0.714. The Morgan fingerprint density at radius 1 is 1.24 bits per heavy atom. The molecular formula is C15H16N2O2S2. The van der Waals surface area contributed by atoms with Gasteiger partial charge in [0.25, 0.3) is 0 Å². The van der Waals surface area contributed by atoms with Crippen LogP contribution < -0.4 is 0 Å². The van der Waals surface area contributed by atoms with E-state index in [2.05, 4.69) is 9.98 Å². The zero-order valence-electron chi connectivity index (χ0n) is 11.7. The summed E-state index contributed by atoms with van der Waals surface area (Å²) in [4.78, 5) is 7.50. The smallest absolute Gasteiger partial charge is 0.186 e. The third kappa shape index (κ3) is 3.06. The summed E-state index contributed by atoms with van der Waals surface area (Å²) < 4.78 is 25.2. The molecule has 2 heterocycles. The van der Waals surface area contributed by atoms with Crippen molar-refractivity contribution in [2.75, 3.05) is 18.1 Å². The summed E-state index contributed by atoms with van der Waals surface area (Å²) in [6.07, 6.45) is 3.30. The standard InChI is InChI=1S/C15H16N2O2S2/c1-11-2-4-12(5-3-11)13-8-16-9-14(13)21(18,19)10-15-17-6-7-20-15/h2-5,8-9,16H,6-7,10H2,1H3. The lowest BCUT2D eigenvalue weighted by molar-refractivity contribution is 0.600. The van der Waals surface area contributed by atoms with Crippen LogP contribution in [0.25, 0.3) is 11.1 Å². The predicted molar refractivity (Wildman–Crippen MR) is 87.8 cm³/mol. The normalized spacial score (nSPS) is 15.2. The van der Waals surface area contributed by atoms with Crippen LogP contribution >= 0.6 is 11.8 Å². The Balaban J connectivity index is 1.96. The molecule has 1 aromatic heterocycles. The molecule has 0 atom stereocenters. The van der Waals surface area contributed by atoms with Gasteiger partial charge in [0, 0.05) is 30.3 Å². The van der Waals surface area contributed by atoms with E-state index >= 15 is 0 Å². The van der Waals surface area contributed by atoms with Gasteiger partial charge in [-0.3, -0.25) is 4.99 Å². The molecule has 1 aliphatic heterocycles. The molecule has 0 unspecified atom stereocenters. The molecule has 3 rings (SSSR count). The molecule has 21 heavy (non-hydrogen) atoms. The van der Waals surface area contributed by atoms with Gasteiger partial charge in [0.1, 0.15) is 5.75 Å². The lowest BCUT2D eigenvalue weighted by atomic mass is 10.1. The van der Waals surface area contributed by atoms with Crippen molar-refractivity contribution in [2.24, 2.45) is 4.99 Å². The topological polar surface area (TPSA) is 62.3 Å². The fourth-order valence-corrected chi connectivity index (χ4v) is 5.00. The van der Waals surface area contributed by atoms with Gasteiger partial charge in [-0.25, -0.2) is 8.42 Å². The number of H-pyrrole nitrogens is 1. The van der Waals surface area contributed by atoms with Crippen molar-refractivity contribution >= 4 is 26.6 Å². The molecule has 0 saturated heterocycles. The molecule has 0 radical (unpaired) electrons. The molecule has 0 aliphatic carbocycles. The predicted octanol–water partition coefficient (Wildman–Crippen LogP) is 2.91. The maximum atomic E-state index is 12.6. The van der Waals surface area contributed by atoms with Gasteiger partial charge in [-0.05, 0) is 12.5 Å². The molecule has 0 fully saturated rings. The van der Waals surface area contributed by atoms with Crippen LogP contribution in [-0.4, -0.2) is 36.5 Å². The first-order valence-electron chi connectivity index (χ1n) is 6.69. The number of aliphatic imine (C=N–C) groups is 1. The van der Waals surface area contributed by atoms with Crippen molar-refractivity contribution in [3.8, 4) is 11.1 Å². The second-order valence-electron chi connectivity index (χ2n) is 4.98. The van der Waals surface area contributed by atoms with Crippen LogP contribution in [0.1, 0.15) is 5.56 Å². The second-order valence-corrected chi connectivity index (χ2v) is 8.11. The van der Waals surface area contributed by atoms with E-state index in [0.29, 0.717) is 16.5 Å². The van der Waals surface area contributed by atoms with Crippen molar-refractivity contribution in [1.82, 2.24) is 4.98 Å². The third-order valence-electron chi connectivity index (χ3n) is 3.37. The lowest BCUT2D eigenvalue weighted by Gasteiger charge is -2.06. The van der Waals surface area contributed by atoms with Crippen molar-refractivity contribution in [3.63, 3.8) is 0 Å². The monoisotopic (exact) mass is 320 g/mol. The summed E-state index contributed by atoms with van der Waals surface area (Å²) >= 11 is 1.53. The average Bonchev–Trinajstić information content (AvgIpc) is 3.10. The first kappa shape index (κ1) is 14.4. The van der Waals surface area contributed by atoms with Gasteiger partial charge in [0.15, 0.2) is 9.84 Å². The molecule has 4 nitrogen and oxygen atoms in total. The van der Waals surface area contributed by atoms with E-state index in [9.17, 15) is 8.42 Å². The minimum Gasteiger partial charge on any atom is -0.366 e. The number of thioether (sulfide) groups is 1. The number of aryl methyl sites for hydroxylation is 1. The van der Waals surface area contributed by atoms with Gasteiger partial charge in [-0.2, -0.15) is 0 Å². The minimum absolute atomic E-state index is 0.00557. The van der Waals surface area contributed by atoms with Gasteiger partial charge in [0.2, 0.25) is 0 Å². The minimum atomic E-state index is -3.37. The van der Waals surface area contributed by atoms with E-state index in [1.54, 1.807) is 12.4 Å². The zero-order valence-corrected chi connectivity index (χ0v) is 13.3. The van der Waals surface area contributed by atoms with Crippen LogP contribution in [0.3, 0.4) is 0 Å². The average molecular weight is 320 g/mol. The molecule has 0 bridgehead atoms. The second kappa shape index (κ2) is 5.69. The SMILES string of the molecule is Cc1ccc(-c2c[nH]cc2S(=O)(=O)CC2=NCCS2)cc1. The highest BCUT2D eigenvalue weighted by atomic mass is 32.2. The quantitative estimate of drug-likeness (QED) is 0.942. The fraction of sp³-hybridized carbons (Fsp3) is 0.267. The molecule has 6 heteroatoms. The Morgan fingerprint density at radius 3 is 2.67 bits per heavy atom. The highest BCUT2D eigenvalue weighted by Crippen LogP contribution is 2.29. The molecule has 110 valence electrons. The van der Waals surface area contributed by atoms with Gasteiger partial charge in [0.05, 0.1) is 9.94 Å². The molecule has 0 saturated carbocycles. The number of aromatic amines is 1.